The van der Waals surface area contributed by atoms with Crippen molar-refractivity contribution >= 4 is 35.4 Å². The van der Waals surface area contributed by atoms with Gasteiger partial charge in [0, 0.05) is 0 Å². The first-order valence-electron chi connectivity index (χ1n) is 4.91. The number of aryl methyl sites for hydroxylation is 2. The Kier molecular flexibility index (Phi) is 2.43. The monoisotopic (exact) mass is 324 g/mol. The minimum atomic E-state index is -0.160. The number of aromatic nitrogens is 2. The Morgan fingerprint density at radius 3 is 2.21 bits per heavy atom. The molecule has 1 fully saturated rings. The van der Waals surface area contributed by atoms with Crippen LogP contribution >= 0.6 is 0 Å². The molecule has 2 heterocycles. The Morgan fingerprint density at radius 1 is 1.36 bits per heavy atom. The van der Waals surface area contributed by atoms with Crippen molar-refractivity contribution in [1.82, 2.24) is 4.57 Å². The standard InChI is InChI=1S/C9H17BN2Se2/c1-9(2,3)10(13-14-10)8-11(4)6-7-12(8)5/h6-7H,1-5H3. The van der Waals surface area contributed by atoms with E-state index in [9.17, 15) is 0 Å². The summed E-state index contributed by atoms with van der Waals surface area (Å²) < 4.78 is 4.51. The first-order chi connectivity index (χ1) is 6.38. The molecule has 0 saturated carbocycles. The SMILES string of the molecule is Cn1cc[n+](C)c1[B-]1(C(C)(C)C)[Se][Se]1. The van der Waals surface area contributed by atoms with E-state index in [1.165, 1.54) is 0 Å². The van der Waals surface area contributed by atoms with E-state index < -0.39 is 0 Å². The summed E-state index contributed by atoms with van der Waals surface area (Å²) in [5, 5.41) is 0.490. The Balaban J connectivity index is 2.50. The van der Waals surface area contributed by atoms with E-state index in [0.29, 0.717) is 5.31 Å². The third-order valence-corrected chi connectivity index (χ3v) is 14.4. The van der Waals surface area contributed by atoms with Gasteiger partial charge in [0.1, 0.15) is 0 Å². The van der Waals surface area contributed by atoms with E-state index in [1.807, 2.05) is 0 Å². The number of rotatable bonds is 1. The van der Waals surface area contributed by atoms with E-state index in [4.69, 9.17) is 0 Å². The van der Waals surface area contributed by atoms with Gasteiger partial charge in [-0.3, -0.25) is 0 Å². The van der Waals surface area contributed by atoms with Crippen molar-refractivity contribution in [3.63, 3.8) is 0 Å². The molecule has 1 aliphatic heterocycles. The molecule has 0 aromatic carbocycles. The molecular weight excluding hydrogens is 305 g/mol. The van der Waals surface area contributed by atoms with Crippen LogP contribution in [0, 0.1) is 0 Å². The first-order valence-corrected chi connectivity index (χ1v) is 11.2. The van der Waals surface area contributed by atoms with Crippen molar-refractivity contribution in [1.29, 1.82) is 0 Å². The summed E-state index contributed by atoms with van der Waals surface area (Å²) >= 11 is 1.82. The number of hydrogen-bond acceptors (Lipinski definition) is 0. The summed E-state index contributed by atoms with van der Waals surface area (Å²) in [4.78, 5) is 0. The summed E-state index contributed by atoms with van der Waals surface area (Å²) in [6.07, 6.45) is 4.38. The van der Waals surface area contributed by atoms with Gasteiger partial charge < -0.3 is 0 Å². The molecule has 1 saturated heterocycles. The molecule has 0 N–H and O–H groups in total. The molecule has 0 amide bonds. The van der Waals surface area contributed by atoms with Crippen LogP contribution in [-0.2, 0) is 14.1 Å². The van der Waals surface area contributed by atoms with Crippen molar-refractivity contribution in [2.45, 2.75) is 26.1 Å². The van der Waals surface area contributed by atoms with Crippen LogP contribution < -0.4 is 10.3 Å². The molecule has 1 aromatic heterocycles. The van der Waals surface area contributed by atoms with Gasteiger partial charge in [0.2, 0.25) is 0 Å². The average molecular weight is 322 g/mol. The molecular formula is C9H17BN2Se2. The molecule has 78 valence electrons. The van der Waals surface area contributed by atoms with Gasteiger partial charge in [0.15, 0.2) is 0 Å². The van der Waals surface area contributed by atoms with Crippen LogP contribution in [0.15, 0.2) is 12.4 Å². The molecule has 0 aliphatic carbocycles. The van der Waals surface area contributed by atoms with E-state index >= 15 is 0 Å². The molecule has 14 heavy (non-hydrogen) atoms. The second kappa shape index (κ2) is 3.15. The van der Waals surface area contributed by atoms with Gasteiger partial charge in [-0.2, -0.15) is 0 Å². The van der Waals surface area contributed by atoms with Gasteiger partial charge in [-0.1, -0.05) is 0 Å². The van der Waals surface area contributed by atoms with Crippen molar-refractivity contribution in [2.75, 3.05) is 0 Å². The molecule has 0 radical (unpaired) electrons. The van der Waals surface area contributed by atoms with Gasteiger partial charge in [-0.15, -0.1) is 0 Å². The molecule has 5 heteroatoms. The molecule has 0 atom stereocenters. The summed E-state index contributed by atoms with van der Waals surface area (Å²) in [6.45, 7) is 7.24. The van der Waals surface area contributed by atoms with Crippen molar-refractivity contribution in [2.24, 2.45) is 14.1 Å². The van der Waals surface area contributed by atoms with Crippen LogP contribution in [0.3, 0.4) is 0 Å². The van der Waals surface area contributed by atoms with E-state index in [2.05, 4.69) is 56.4 Å². The maximum absolute atomic E-state index is 2.41. The van der Waals surface area contributed by atoms with Gasteiger partial charge >= 0.3 is 97.1 Å². The summed E-state index contributed by atoms with van der Waals surface area (Å²) in [7, 11) is 4.38. The molecule has 1 aromatic rings. The van der Waals surface area contributed by atoms with Gasteiger partial charge in [-0.25, -0.2) is 0 Å². The zero-order valence-electron chi connectivity index (χ0n) is 9.44. The minimum absolute atomic E-state index is 0.160. The molecule has 1 aliphatic rings. The molecule has 2 rings (SSSR count). The second-order valence-corrected chi connectivity index (χ2v) is 14.6. The third kappa shape index (κ3) is 1.42. The zero-order valence-corrected chi connectivity index (χ0v) is 12.9. The van der Waals surface area contributed by atoms with Gasteiger partial charge in [0.25, 0.3) is 0 Å². The predicted octanol–water partition coefficient (Wildman–Crippen LogP) is -0.364. The number of nitrogens with zero attached hydrogens (tertiary/aromatic N) is 2. The van der Waals surface area contributed by atoms with Crippen molar-refractivity contribution in [3.05, 3.63) is 12.4 Å². The maximum atomic E-state index is 2.41. The van der Waals surface area contributed by atoms with Crippen molar-refractivity contribution < 1.29 is 4.57 Å². The number of hydrogen-bond donors (Lipinski definition) is 0. The Morgan fingerprint density at radius 2 is 1.93 bits per heavy atom. The van der Waals surface area contributed by atoms with Crippen LogP contribution in [-0.4, -0.2) is 34.3 Å². The van der Waals surface area contributed by atoms with Crippen LogP contribution in [0.5, 0.6) is 0 Å². The molecule has 0 unspecified atom stereocenters. The normalized spacial score (nSPS) is 19.8. The fourth-order valence-corrected chi connectivity index (χ4v) is 14.5. The average Bonchev–Trinajstić information content (AvgIpc) is 2.76. The third-order valence-electron chi connectivity index (χ3n) is 3.01. The van der Waals surface area contributed by atoms with Crippen LogP contribution in [0.4, 0.5) is 0 Å². The fourth-order valence-electron chi connectivity index (χ4n) is 1.96. The van der Waals surface area contributed by atoms with E-state index in [1.54, 1.807) is 5.72 Å². The second-order valence-electron chi connectivity index (χ2n) is 5.15. The van der Waals surface area contributed by atoms with Crippen molar-refractivity contribution in [3.8, 4) is 0 Å². The van der Waals surface area contributed by atoms with E-state index in [0.717, 1.165) is 25.9 Å². The Hall–Kier alpha value is 0.314. The summed E-state index contributed by atoms with van der Waals surface area (Å²) in [5.41, 5.74) is 1.59. The molecule has 0 spiro atoms. The molecule has 2 nitrogen and oxygen atoms in total. The Labute approximate surface area is 96.9 Å². The molecule has 0 bridgehead atoms. The quantitative estimate of drug-likeness (QED) is 0.493. The van der Waals surface area contributed by atoms with Crippen LogP contribution in [0.2, 0.25) is 5.31 Å². The summed E-state index contributed by atoms with van der Waals surface area (Å²) in [5.74, 6) is 0. The van der Waals surface area contributed by atoms with Gasteiger partial charge in [-0.05, 0) is 0 Å². The first kappa shape index (κ1) is 10.8. The van der Waals surface area contributed by atoms with Crippen LogP contribution in [0.25, 0.3) is 0 Å². The predicted molar refractivity (Wildman–Crippen MR) is 63.2 cm³/mol. The topological polar surface area (TPSA) is 8.81 Å². The fraction of sp³-hybridized carbons (Fsp3) is 0.667. The summed E-state index contributed by atoms with van der Waals surface area (Å²) in [6, 6.07) is 0. The van der Waals surface area contributed by atoms with E-state index in [-0.39, 0.29) is 3.77 Å². The number of imidazole rings is 1. The Bertz CT molecular complexity index is 344. The van der Waals surface area contributed by atoms with Gasteiger partial charge in [0.05, 0.1) is 0 Å². The zero-order chi connectivity index (χ0) is 10.6. The van der Waals surface area contributed by atoms with Crippen LogP contribution in [0.1, 0.15) is 20.8 Å².